The number of amides is 1. The molecule has 0 radical (unpaired) electrons. The summed E-state index contributed by atoms with van der Waals surface area (Å²) in [5, 5.41) is 2.49. The normalized spacial score (nSPS) is 23.4. The van der Waals surface area contributed by atoms with E-state index < -0.39 is 23.3 Å². The van der Waals surface area contributed by atoms with E-state index in [1.54, 1.807) is 34.6 Å². The summed E-state index contributed by atoms with van der Waals surface area (Å²) in [6, 6.07) is -0.595. The van der Waals surface area contributed by atoms with Crippen LogP contribution in [0.3, 0.4) is 0 Å². The lowest BCUT2D eigenvalue weighted by molar-refractivity contribution is -0.125. The maximum Gasteiger partial charge on any atom is 0.408 e. The van der Waals surface area contributed by atoms with Crippen LogP contribution in [0.4, 0.5) is 4.79 Å². The molecule has 2 aliphatic heterocycles. The monoisotopic (exact) mass is 331 g/mol. The maximum atomic E-state index is 11.7. The van der Waals surface area contributed by atoms with Crippen molar-refractivity contribution in [2.75, 3.05) is 19.8 Å². The van der Waals surface area contributed by atoms with Crippen molar-refractivity contribution in [3.63, 3.8) is 0 Å². The molecular formula is C17H33NO5. The van der Waals surface area contributed by atoms with Crippen LogP contribution in [0, 0.1) is 0 Å². The first-order valence-corrected chi connectivity index (χ1v) is 8.39. The molecule has 0 saturated carbocycles. The third-order valence-corrected chi connectivity index (χ3v) is 3.05. The van der Waals surface area contributed by atoms with E-state index in [1.807, 2.05) is 13.8 Å². The number of ketones is 1. The number of alkyl carbamates (subject to hydrolysis) is 1. The molecule has 2 rings (SSSR count). The standard InChI is InChI=1S/C11H19NO4.C4H8O.C2H6/c1-7(8(13)11(5)6-15-11)12-9(14)16-10(2,3)4;1-2-4-5-3-1;1-2/h7H,6H2,1-5H3,(H,12,14);1-4H2;1-2H3. The Morgan fingerprint density at radius 3 is 1.96 bits per heavy atom. The fourth-order valence-corrected chi connectivity index (χ4v) is 1.77. The van der Waals surface area contributed by atoms with Crippen LogP contribution in [0.15, 0.2) is 0 Å². The molecule has 0 aromatic carbocycles. The highest BCUT2D eigenvalue weighted by Gasteiger charge is 2.49. The minimum atomic E-state index is -0.714. The molecule has 1 amide bonds. The topological polar surface area (TPSA) is 77.2 Å². The highest BCUT2D eigenvalue weighted by Crippen LogP contribution is 2.28. The quantitative estimate of drug-likeness (QED) is 0.804. The molecule has 2 heterocycles. The van der Waals surface area contributed by atoms with Gasteiger partial charge in [0.05, 0.1) is 12.6 Å². The Labute approximate surface area is 140 Å². The highest BCUT2D eigenvalue weighted by atomic mass is 16.6. The number of nitrogens with one attached hydrogen (secondary N) is 1. The van der Waals surface area contributed by atoms with Gasteiger partial charge in [-0.15, -0.1) is 0 Å². The molecule has 6 nitrogen and oxygen atoms in total. The zero-order valence-corrected chi connectivity index (χ0v) is 15.7. The molecule has 0 aromatic rings. The van der Waals surface area contributed by atoms with Gasteiger partial charge in [-0.3, -0.25) is 4.79 Å². The van der Waals surface area contributed by atoms with Crippen LogP contribution in [0.2, 0.25) is 0 Å². The summed E-state index contributed by atoms with van der Waals surface area (Å²) in [7, 11) is 0. The zero-order chi connectivity index (χ0) is 18.1. The van der Waals surface area contributed by atoms with Crippen molar-refractivity contribution < 1.29 is 23.8 Å². The Morgan fingerprint density at radius 2 is 1.65 bits per heavy atom. The summed E-state index contributed by atoms with van der Waals surface area (Å²) < 4.78 is 15.0. The lowest BCUT2D eigenvalue weighted by Crippen LogP contribution is -2.45. The Balaban J connectivity index is 0.000000574. The number of Topliss-reactive ketones (excluding diaryl/α,β-unsaturated/α-hetero) is 1. The number of hydrogen-bond donors (Lipinski definition) is 1. The second kappa shape index (κ2) is 9.88. The molecule has 6 heteroatoms. The van der Waals surface area contributed by atoms with E-state index in [0.717, 1.165) is 13.2 Å². The second-order valence-electron chi connectivity index (χ2n) is 6.57. The van der Waals surface area contributed by atoms with E-state index >= 15 is 0 Å². The van der Waals surface area contributed by atoms with Gasteiger partial charge in [-0.05, 0) is 47.5 Å². The van der Waals surface area contributed by atoms with E-state index in [-0.39, 0.29) is 5.78 Å². The molecule has 1 N–H and O–H groups in total. The Bertz CT molecular complexity index is 360. The van der Waals surface area contributed by atoms with Gasteiger partial charge in [0.15, 0.2) is 5.78 Å². The maximum absolute atomic E-state index is 11.7. The highest BCUT2D eigenvalue weighted by molar-refractivity contribution is 5.95. The molecule has 2 fully saturated rings. The number of carbonyl (C=O) groups excluding carboxylic acids is 2. The lowest BCUT2D eigenvalue weighted by Gasteiger charge is -2.22. The summed E-state index contributed by atoms with van der Waals surface area (Å²) in [5.74, 6) is -0.127. The van der Waals surface area contributed by atoms with Gasteiger partial charge < -0.3 is 19.5 Å². The molecule has 23 heavy (non-hydrogen) atoms. The third-order valence-electron chi connectivity index (χ3n) is 3.05. The molecule has 2 unspecified atom stereocenters. The minimum absolute atomic E-state index is 0.127. The smallest absolute Gasteiger partial charge is 0.408 e. The van der Waals surface area contributed by atoms with Crippen molar-refractivity contribution in [1.82, 2.24) is 5.32 Å². The average molecular weight is 331 g/mol. The molecule has 2 atom stereocenters. The molecule has 0 spiro atoms. The van der Waals surface area contributed by atoms with Crippen LogP contribution in [0.25, 0.3) is 0 Å². The number of rotatable bonds is 3. The predicted octanol–water partition coefficient (Wildman–Crippen LogP) is 3.08. The van der Waals surface area contributed by atoms with Gasteiger partial charge in [-0.2, -0.15) is 0 Å². The molecule has 136 valence electrons. The van der Waals surface area contributed by atoms with E-state index in [2.05, 4.69) is 5.32 Å². The van der Waals surface area contributed by atoms with Gasteiger partial charge in [-0.25, -0.2) is 4.79 Å². The summed E-state index contributed by atoms with van der Waals surface area (Å²) >= 11 is 0. The Hall–Kier alpha value is -1.14. The molecule has 0 bridgehead atoms. The first kappa shape index (κ1) is 21.9. The third kappa shape index (κ3) is 9.56. The van der Waals surface area contributed by atoms with E-state index in [1.165, 1.54) is 12.8 Å². The molecule has 0 aliphatic carbocycles. The minimum Gasteiger partial charge on any atom is -0.444 e. The fourth-order valence-electron chi connectivity index (χ4n) is 1.77. The molecule has 0 aromatic heterocycles. The SMILES string of the molecule is C1CCOC1.CC.CC(NC(=O)OC(C)(C)C)C(=O)C1(C)CO1. The van der Waals surface area contributed by atoms with Crippen LogP contribution < -0.4 is 5.32 Å². The first-order valence-electron chi connectivity index (χ1n) is 8.39. The lowest BCUT2D eigenvalue weighted by atomic mass is 10.0. The summed E-state index contributed by atoms with van der Waals surface area (Å²) in [6.45, 7) is 15.1. The number of hydrogen-bond acceptors (Lipinski definition) is 5. The van der Waals surface area contributed by atoms with Crippen LogP contribution in [0.1, 0.15) is 61.3 Å². The second-order valence-corrected chi connectivity index (χ2v) is 6.57. The number of carbonyl (C=O) groups is 2. The predicted molar refractivity (Wildman–Crippen MR) is 89.6 cm³/mol. The summed E-state index contributed by atoms with van der Waals surface area (Å²) in [6.07, 6.45) is 1.97. The van der Waals surface area contributed by atoms with E-state index in [9.17, 15) is 9.59 Å². The van der Waals surface area contributed by atoms with Crippen molar-refractivity contribution in [2.45, 2.75) is 78.6 Å². The van der Waals surface area contributed by atoms with E-state index in [4.69, 9.17) is 14.2 Å². The summed E-state index contributed by atoms with van der Waals surface area (Å²) in [5.41, 5.74) is -1.28. The van der Waals surface area contributed by atoms with Crippen LogP contribution in [0.5, 0.6) is 0 Å². The van der Waals surface area contributed by atoms with Gasteiger partial charge in [0, 0.05) is 13.2 Å². The van der Waals surface area contributed by atoms with E-state index in [0.29, 0.717) is 6.61 Å². The fraction of sp³-hybridized carbons (Fsp3) is 0.882. The van der Waals surface area contributed by atoms with Gasteiger partial charge >= 0.3 is 6.09 Å². The summed E-state index contributed by atoms with van der Waals surface area (Å²) in [4.78, 5) is 23.1. The van der Waals surface area contributed by atoms with Gasteiger partial charge in [0.2, 0.25) is 0 Å². The Morgan fingerprint density at radius 1 is 1.17 bits per heavy atom. The average Bonchev–Trinajstić information content (AvgIpc) is 2.95. The van der Waals surface area contributed by atoms with Gasteiger partial charge in [0.1, 0.15) is 11.2 Å². The first-order chi connectivity index (χ1) is 10.6. The van der Waals surface area contributed by atoms with Gasteiger partial charge in [-0.1, -0.05) is 13.8 Å². The van der Waals surface area contributed by atoms with Crippen molar-refractivity contribution >= 4 is 11.9 Å². The Kier molecular flexibility index (Phi) is 9.39. The van der Waals surface area contributed by atoms with Crippen molar-refractivity contribution in [2.24, 2.45) is 0 Å². The largest absolute Gasteiger partial charge is 0.444 e. The van der Waals surface area contributed by atoms with Crippen LogP contribution >= 0.6 is 0 Å². The van der Waals surface area contributed by atoms with Crippen LogP contribution in [-0.4, -0.2) is 48.9 Å². The van der Waals surface area contributed by atoms with Gasteiger partial charge in [0.25, 0.3) is 0 Å². The van der Waals surface area contributed by atoms with Crippen LogP contribution in [-0.2, 0) is 19.0 Å². The number of epoxide rings is 1. The zero-order valence-electron chi connectivity index (χ0n) is 15.7. The molecule has 2 aliphatic rings. The van der Waals surface area contributed by atoms with Crippen molar-refractivity contribution in [1.29, 1.82) is 0 Å². The van der Waals surface area contributed by atoms with Crippen molar-refractivity contribution in [3.05, 3.63) is 0 Å². The molecular weight excluding hydrogens is 298 g/mol. The van der Waals surface area contributed by atoms with Crippen molar-refractivity contribution in [3.8, 4) is 0 Å². The molecule has 2 saturated heterocycles. The number of ether oxygens (including phenoxy) is 3.